The van der Waals surface area contributed by atoms with Crippen LogP contribution >= 0.6 is 0 Å². The van der Waals surface area contributed by atoms with Crippen molar-refractivity contribution in [1.82, 2.24) is 15.0 Å². The van der Waals surface area contributed by atoms with Gasteiger partial charge in [0.25, 0.3) is 0 Å². The van der Waals surface area contributed by atoms with Crippen molar-refractivity contribution in [2.24, 2.45) is 0 Å². The fourth-order valence-corrected chi connectivity index (χ4v) is 4.21. The lowest BCUT2D eigenvalue weighted by Gasteiger charge is -2.27. The number of H-pyrrole nitrogens is 1. The molecule has 1 fully saturated rings. The highest BCUT2D eigenvalue weighted by Crippen LogP contribution is 2.35. The zero-order chi connectivity index (χ0) is 23.7. The number of aromatic nitrogens is 3. The SMILES string of the molecule is CC(C)(C)OC(=O)C1CCCN1c1nc(-c2ccc(OCc3ccccc3)c3ncoc23)c[nH]1. The van der Waals surface area contributed by atoms with Crippen LogP contribution in [0.1, 0.15) is 39.2 Å². The summed E-state index contributed by atoms with van der Waals surface area (Å²) in [4.78, 5) is 27.1. The molecule has 3 heterocycles. The molecule has 1 aliphatic rings. The molecule has 1 unspecified atom stereocenters. The van der Waals surface area contributed by atoms with Crippen LogP contribution in [-0.4, -0.2) is 39.1 Å². The van der Waals surface area contributed by atoms with Crippen LogP contribution in [-0.2, 0) is 16.1 Å². The summed E-state index contributed by atoms with van der Waals surface area (Å²) in [5.41, 5.74) is 3.31. The smallest absolute Gasteiger partial charge is 0.329 e. The third-order valence-electron chi connectivity index (χ3n) is 5.73. The van der Waals surface area contributed by atoms with Crippen LogP contribution in [0.4, 0.5) is 5.95 Å². The summed E-state index contributed by atoms with van der Waals surface area (Å²) in [7, 11) is 0. The summed E-state index contributed by atoms with van der Waals surface area (Å²) in [5, 5.41) is 0. The number of carbonyl (C=O) groups excluding carboxylic acids is 1. The number of rotatable bonds is 6. The van der Waals surface area contributed by atoms with Crippen molar-refractivity contribution in [3.05, 3.63) is 60.6 Å². The number of benzene rings is 2. The number of nitrogens with zero attached hydrogens (tertiary/aromatic N) is 3. The van der Waals surface area contributed by atoms with Crippen LogP contribution in [0.3, 0.4) is 0 Å². The number of esters is 1. The Morgan fingerprint density at radius 2 is 2.03 bits per heavy atom. The van der Waals surface area contributed by atoms with E-state index in [9.17, 15) is 4.79 Å². The number of ether oxygens (including phenoxy) is 2. The van der Waals surface area contributed by atoms with Crippen molar-refractivity contribution >= 4 is 23.0 Å². The Balaban J connectivity index is 1.38. The molecule has 0 amide bonds. The van der Waals surface area contributed by atoms with E-state index >= 15 is 0 Å². The molecule has 1 N–H and O–H groups in total. The third kappa shape index (κ3) is 4.48. The standard InChI is InChI=1S/C26H28N4O4/c1-26(2,3)34-24(31)20-10-7-13-30(20)25-27-14-19(29-25)18-11-12-21(22-23(18)33-16-28-22)32-15-17-8-5-4-6-9-17/h4-6,8-9,11-12,14,16,20H,7,10,13,15H2,1-3H3,(H,27,29). The minimum atomic E-state index is -0.526. The van der Waals surface area contributed by atoms with E-state index in [4.69, 9.17) is 18.9 Å². The van der Waals surface area contributed by atoms with Gasteiger partial charge in [-0.2, -0.15) is 0 Å². The molecule has 0 radical (unpaired) electrons. The molecule has 0 bridgehead atoms. The predicted molar refractivity (Wildman–Crippen MR) is 129 cm³/mol. The third-order valence-corrected chi connectivity index (χ3v) is 5.73. The summed E-state index contributed by atoms with van der Waals surface area (Å²) in [6.45, 7) is 6.82. The molecule has 1 aliphatic heterocycles. The van der Waals surface area contributed by atoms with Gasteiger partial charge in [-0.05, 0) is 51.3 Å². The van der Waals surface area contributed by atoms with Gasteiger partial charge in [-0.1, -0.05) is 30.3 Å². The predicted octanol–water partition coefficient (Wildman–Crippen LogP) is 5.11. The van der Waals surface area contributed by atoms with Crippen molar-refractivity contribution in [1.29, 1.82) is 0 Å². The van der Waals surface area contributed by atoms with E-state index in [2.05, 4.69) is 9.97 Å². The fraction of sp³-hybridized carbons (Fsp3) is 0.346. The quantitative estimate of drug-likeness (QED) is 0.400. The molecule has 0 saturated carbocycles. The van der Waals surface area contributed by atoms with Crippen LogP contribution in [0, 0.1) is 0 Å². The van der Waals surface area contributed by atoms with Gasteiger partial charge in [-0.3, -0.25) is 0 Å². The van der Waals surface area contributed by atoms with E-state index in [1.807, 2.05) is 74.3 Å². The van der Waals surface area contributed by atoms with Gasteiger partial charge in [0.05, 0.1) is 5.69 Å². The summed E-state index contributed by atoms with van der Waals surface area (Å²) >= 11 is 0. The molecule has 0 spiro atoms. The van der Waals surface area contributed by atoms with Crippen LogP contribution < -0.4 is 9.64 Å². The summed E-state index contributed by atoms with van der Waals surface area (Å²) in [6.07, 6.45) is 4.88. The number of carbonyl (C=O) groups is 1. The number of fused-ring (bicyclic) bond motifs is 1. The van der Waals surface area contributed by atoms with E-state index in [1.54, 1.807) is 0 Å². The number of imidazole rings is 1. The summed E-state index contributed by atoms with van der Waals surface area (Å²) in [6, 6.07) is 13.4. The Labute approximate surface area is 197 Å². The summed E-state index contributed by atoms with van der Waals surface area (Å²) in [5.74, 6) is 1.07. The first-order chi connectivity index (χ1) is 16.4. The molecule has 8 nitrogen and oxygen atoms in total. The fourth-order valence-electron chi connectivity index (χ4n) is 4.21. The van der Waals surface area contributed by atoms with E-state index in [-0.39, 0.29) is 12.0 Å². The highest BCUT2D eigenvalue weighted by Gasteiger charge is 2.35. The van der Waals surface area contributed by atoms with Crippen molar-refractivity contribution < 1.29 is 18.7 Å². The first-order valence-electron chi connectivity index (χ1n) is 11.5. The molecule has 176 valence electrons. The van der Waals surface area contributed by atoms with Crippen molar-refractivity contribution in [3.8, 4) is 17.0 Å². The van der Waals surface area contributed by atoms with E-state index in [0.29, 0.717) is 35.1 Å². The van der Waals surface area contributed by atoms with Gasteiger partial charge < -0.3 is 23.8 Å². The van der Waals surface area contributed by atoms with E-state index in [1.165, 1.54) is 6.39 Å². The Morgan fingerprint density at radius 3 is 2.82 bits per heavy atom. The first kappa shape index (κ1) is 22.0. The maximum Gasteiger partial charge on any atom is 0.329 e. The lowest BCUT2D eigenvalue weighted by Crippen LogP contribution is -2.41. The van der Waals surface area contributed by atoms with Crippen molar-refractivity contribution in [2.45, 2.75) is 51.9 Å². The molecular formula is C26H28N4O4. The lowest BCUT2D eigenvalue weighted by atomic mass is 10.1. The molecule has 1 saturated heterocycles. The molecule has 5 rings (SSSR count). The number of hydrogen-bond acceptors (Lipinski definition) is 7. The molecular weight excluding hydrogens is 432 g/mol. The molecule has 34 heavy (non-hydrogen) atoms. The van der Waals surface area contributed by atoms with Gasteiger partial charge in [0.2, 0.25) is 5.95 Å². The second-order valence-electron chi connectivity index (χ2n) is 9.41. The Kier molecular flexibility index (Phi) is 5.73. The van der Waals surface area contributed by atoms with Gasteiger partial charge in [-0.25, -0.2) is 14.8 Å². The number of oxazole rings is 1. The van der Waals surface area contributed by atoms with E-state index in [0.717, 1.165) is 30.5 Å². The number of aromatic amines is 1. The van der Waals surface area contributed by atoms with Gasteiger partial charge in [-0.15, -0.1) is 0 Å². The number of nitrogens with one attached hydrogen (secondary N) is 1. The maximum absolute atomic E-state index is 12.7. The van der Waals surface area contributed by atoms with Crippen LogP contribution in [0.15, 0.2) is 59.5 Å². The zero-order valence-electron chi connectivity index (χ0n) is 19.6. The number of anilines is 1. The van der Waals surface area contributed by atoms with Crippen LogP contribution in [0.25, 0.3) is 22.4 Å². The highest BCUT2D eigenvalue weighted by molar-refractivity contribution is 5.93. The normalized spacial score (nSPS) is 16.2. The maximum atomic E-state index is 12.7. The van der Waals surface area contributed by atoms with Gasteiger partial charge in [0.15, 0.2) is 17.5 Å². The first-order valence-corrected chi connectivity index (χ1v) is 11.5. The minimum Gasteiger partial charge on any atom is -0.486 e. The Bertz CT molecular complexity index is 1290. The van der Waals surface area contributed by atoms with Crippen LogP contribution in [0.2, 0.25) is 0 Å². The molecule has 8 heteroatoms. The monoisotopic (exact) mass is 460 g/mol. The van der Waals surface area contributed by atoms with Gasteiger partial charge in [0.1, 0.15) is 24.0 Å². The molecule has 0 aliphatic carbocycles. The average Bonchev–Trinajstić information content (AvgIpc) is 3.57. The lowest BCUT2D eigenvalue weighted by molar-refractivity contribution is -0.156. The number of hydrogen-bond donors (Lipinski definition) is 1. The zero-order valence-corrected chi connectivity index (χ0v) is 19.6. The molecule has 2 aromatic heterocycles. The second-order valence-corrected chi connectivity index (χ2v) is 9.41. The van der Waals surface area contributed by atoms with Gasteiger partial charge in [0, 0.05) is 18.3 Å². The van der Waals surface area contributed by atoms with Crippen molar-refractivity contribution in [3.63, 3.8) is 0 Å². The Hall–Kier alpha value is -3.81. The molecule has 2 aromatic carbocycles. The minimum absolute atomic E-state index is 0.222. The highest BCUT2D eigenvalue weighted by atomic mass is 16.6. The second kappa shape index (κ2) is 8.85. The largest absolute Gasteiger partial charge is 0.486 e. The van der Waals surface area contributed by atoms with E-state index < -0.39 is 5.60 Å². The Morgan fingerprint density at radius 1 is 1.21 bits per heavy atom. The average molecular weight is 461 g/mol. The topological polar surface area (TPSA) is 93.5 Å². The van der Waals surface area contributed by atoms with Crippen LogP contribution in [0.5, 0.6) is 5.75 Å². The van der Waals surface area contributed by atoms with Crippen molar-refractivity contribution in [2.75, 3.05) is 11.4 Å². The molecule has 4 aromatic rings. The molecule has 1 atom stereocenters. The van der Waals surface area contributed by atoms with Gasteiger partial charge >= 0.3 is 5.97 Å². The summed E-state index contributed by atoms with van der Waals surface area (Å²) < 4.78 is 17.3.